The maximum absolute atomic E-state index is 11.5. The Bertz CT molecular complexity index is 490. The van der Waals surface area contributed by atoms with Crippen molar-refractivity contribution in [3.63, 3.8) is 0 Å². The van der Waals surface area contributed by atoms with E-state index in [1.165, 1.54) is 0 Å². The van der Waals surface area contributed by atoms with Gasteiger partial charge >= 0.3 is 12.1 Å². The molecule has 0 saturated heterocycles. The smallest absolute Gasteiger partial charge is 0.475 e. The predicted octanol–water partition coefficient (Wildman–Crippen LogP) is 2.48. The highest BCUT2D eigenvalue weighted by Gasteiger charge is 2.38. The van der Waals surface area contributed by atoms with Gasteiger partial charge in [0.2, 0.25) is 5.91 Å². The number of amides is 1. The summed E-state index contributed by atoms with van der Waals surface area (Å²) in [6.07, 6.45) is -4.70. The standard InChI is InChI=1S/C13H20N2O.C2HF3O2/c1-10(2)13(15-12(16)8-9-14)11-6-4-3-5-7-11;3-2(4,5)1(6)7/h3-7,10,13H,8-9,14H2,1-2H3,(H,15,16);(H,6,7). The van der Waals surface area contributed by atoms with Crippen molar-refractivity contribution in [3.05, 3.63) is 35.9 Å². The van der Waals surface area contributed by atoms with Gasteiger partial charge in [0.15, 0.2) is 0 Å². The molecule has 0 saturated carbocycles. The number of rotatable bonds is 5. The summed E-state index contributed by atoms with van der Waals surface area (Å²) in [7, 11) is 0. The first-order valence-corrected chi connectivity index (χ1v) is 6.94. The molecule has 0 aliphatic heterocycles. The third-order valence-electron chi connectivity index (χ3n) is 2.76. The third kappa shape index (κ3) is 8.82. The molecule has 130 valence electrons. The number of nitrogens with one attached hydrogen (secondary N) is 1. The number of carbonyl (C=O) groups is 2. The third-order valence-corrected chi connectivity index (χ3v) is 2.76. The van der Waals surface area contributed by atoms with Crippen LogP contribution in [0.1, 0.15) is 31.9 Å². The lowest BCUT2D eigenvalue weighted by Gasteiger charge is -2.22. The Morgan fingerprint density at radius 2 is 1.70 bits per heavy atom. The maximum Gasteiger partial charge on any atom is 0.490 e. The van der Waals surface area contributed by atoms with Crippen molar-refractivity contribution in [3.8, 4) is 0 Å². The van der Waals surface area contributed by atoms with Crippen LogP contribution in [-0.2, 0) is 9.59 Å². The van der Waals surface area contributed by atoms with Crippen molar-refractivity contribution < 1.29 is 27.9 Å². The van der Waals surface area contributed by atoms with Crippen molar-refractivity contribution >= 4 is 11.9 Å². The summed E-state index contributed by atoms with van der Waals surface area (Å²) < 4.78 is 31.7. The molecule has 1 rings (SSSR count). The van der Waals surface area contributed by atoms with Gasteiger partial charge in [0.25, 0.3) is 0 Å². The molecule has 0 radical (unpaired) electrons. The van der Waals surface area contributed by atoms with Gasteiger partial charge in [-0.1, -0.05) is 44.2 Å². The van der Waals surface area contributed by atoms with Crippen molar-refractivity contribution in [2.45, 2.75) is 32.5 Å². The Labute approximate surface area is 132 Å². The molecule has 8 heteroatoms. The monoisotopic (exact) mass is 334 g/mol. The molecule has 0 aliphatic carbocycles. The molecule has 4 N–H and O–H groups in total. The number of carboxylic acid groups (broad SMARTS) is 1. The molecule has 1 aromatic carbocycles. The molecule has 0 spiro atoms. The zero-order valence-electron chi connectivity index (χ0n) is 12.9. The minimum atomic E-state index is -5.08. The first-order valence-electron chi connectivity index (χ1n) is 6.94. The van der Waals surface area contributed by atoms with E-state index < -0.39 is 12.1 Å². The van der Waals surface area contributed by atoms with E-state index in [1.54, 1.807) is 0 Å². The molecule has 1 aromatic rings. The van der Waals surface area contributed by atoms with Crippen molar-refractivity contribution in [1.82, 2.24) is 5.32 Å². The summed E-state index contributed by atoms with van der Waals surface area (Å²) in [5.74, 6) is -2.37. The van der Waals surface area contributed by atoms with Gasteiger partial charge in [-0.05, 0) is 11.5 Å². The normalized spacial score (nSPS) is 12.1. The summed E-state index contributed by atoms with van der Waals surface area (Å²) >= 11 is 0. The minimum Gasteiger partial charge on any atom is -0.475 e. The van der Waals surface area contributed by atoms with E-state index in [1.807, 2.05) is 30.3 Å². The van der Waals surface area contributed by atoms with E-state index in [0.717, 1.165) is 5.56 Å². The van der Waals surface area contributed by atoms with Gasteiger partial charge in [-0.3, -0.25) is 4.79 Å². The second kappa shape index (κ2) is 9.83. The number of alkyl halides is 3. The summed E-state index contributed by atoms with van der Waals surface area (Å²) in [4.78, 5) is 20.4. The van der Waals surface area contributed by atoms with Crippen LogP contribution in [0.15, 0.2) is 30.3 Å². The number of aliphatic carboxylic acids is 1. The topological polar surface area (TPSA) is 92.4 Å². The zero-order chi connectivity index (χ0) is 18.0. The average molecular weight is 334 g/mol. The second-order valence-electron chi connectivity index (χ2n) is 5.04. The van der Waals surface area contributed by atoms with E-state index in [-0.39, 0.29) is 11.9 Å². The lowest BCUT2D eigenvalue weighted by molar-refractivity contribution is -0.192. The lowest BCUT2D eigenvalue weighted by atomic mass is 9.96. The van der Waals surface area contributed by atoms with E-state index >= 15 is 0 Å². The van der Waals surface area contributed by atoms with Crippen molar-refractivity contribution in [2.24, 2.45) is 11.7 Å². The molecule has 0 heterocycles. The fourth-order valence-electron chi connectivity index (χ4n) is 1.67. The first kappa shape index (κ1) is 20.9. The fourth-order valence-corrected chi connectivity index (χ4v) is 1.67. The van der Waals surface area contributed by atoms with Crippen molar-refractivity contribution in [2.75, 3.05) is 6.54 Å². The van der Waals surface area contributed by atoms with Crippen LogP contribution in [0, 0.1) is 5.92 Å². The Morgan fingerprint density at radius 1 is 1.22 bits per heavy atom. The Balaban J connectivity index is 0.000000585. The highest BCUT2D eigenvalue weighted by molar-refractivity contribution is 5.76. The number of carboxylic acids is 1. The van der Waals surface area contributed by atoms with E-state index in [4.69, 9.17) is 15.6 Å². The molecule has 1 atom stereocenters. The van der Waals surface area contributed by atoms with Gasteiger partial charge in [0.1, 0.15) is 0 Å². The van der Waals surface area contributed by atoms with Gasteiger partial charge in [-0.15, -0.1) is 0 Å². The Morgan fingerprint density at radius 3 is 2.04 bits per heavy atom. The molecule has 0 aliphatic rings. The molecule has 1 unspecified atom stereocenters. The summed E-state index contributed by atoms with van der Waals surface area (Å²) in [6, 6.07) is 10.1. The van der Waals surface area contributed by atoms with Crippen LogP contribution in [0.2, 0.25) is 0 Å². The van der Waals surface area contributed by atoms with Gasteiger partial charge in [-0.25, -0.2) is 4.79 Å². The molecule has 5 nitrogen and oxygen atoms in total. The van der Waals surface area contributed by atoms with Gasteiger partial charge in [0.05, 0.1) is 6.04 Å². The number of hydrogen-bond donors (Lipinski definition) is 3. The summed E-state index contributed by atoms with van der Waals surface area (Å²) in [6.45, 7) is 4.59. The van der Waals surface area contributed by atoms with Crippen LogP contribution in [0.5, 0.6) is 0 Å². The van der Waals surface area contributed by atoms with E-state index in [9.17, 15) is 18.0 Å². The SMILES string of the molecule is CC(C)C(NC(=O)CCN)c1ccccc1.O=C(O)C(F)(F)F. The number of halogens is 3. The predicted molar refractivity (Wildman–Crippen MR) is 79.5 cm³/mol. The number of benzene rings is 1. The second-order valence-corrected chi connectivity index (χ2v) is 5.04. The average Bonchev–Trinajstić information content (AvgIpc) is 2.45. The van der Waals surface area contributed by atoms with Crippen LogP contribution in [0.25, 0.3) is 0 Å². The van der Waals surface area contributed by atoms with Crippen LogP contribution < -0.4 is 11.1 Å². The molecular formula is C15H21F3N2O3. The number of hydrogen-bond acceptors (Lipinski definition) is 3. The quantitative estimate of drug-likeness (QED) is 0.771. The van der Waals surface area contributed by atoms with Gasteiger partial charge < -0.3 is 16.2 Å². The van der Waals surface area contributed by atoms with Crippen LogP contribution in [-0.4, -0.2) is 29.7 Å². The number of carbonyl (C=O) groups excluding carboxylic acids is 1. The number of nitrogens with two attached hydrogens (primary N) is 1. The maximum atomic E-state index is 11.5. The van der Waals surface area contributed by atoms with Gasteiger partial charge in [-0.2, -0.15) is 13.2 Å². The Hall–Kier alpha value is -2.09. The first-order chi connectivity index (χ1) is 10.6. The van der Waals surface area contributed by atoms with Gasteiger partial charge in [0, 0.05) is 13.0 Å². The molecule has 0 bridgehead atoms. The lowest BCUT2D eigenvalue weighted by Crippen LogP contribution is -2.32. The largest absolute Gasteiger partial charge is 0.490 e. The van der Waals surface area contributed by atoms with Crippen LogP contribution in [0.4, 0.5) is 13.2 Å². The summed E-state index contributed by atoms with van der Waals surface area (Å²) in [5, 5.41) is 10.1. The zero-order valence-corrected chi connectivity index (χ0v) is 12.9. The highest BCUT2D eigenvalue weighted by Crippen LogP contribution is 2.21. The fraction of sp³-hybridized carbons (Fsp3) is 0.467. The molecule has 23 heavy (non-hydrogen) atoms. The molecule has 1 amide bonds. The molecular weight excluding hydrogens is 313 g/mol. The molecule has 0 fully saturated rings. The minimum absolute atomic E-state index is 0.0186. The van der Waals surface area contributed by atoms with Crippen LogP contribution in [0.3, 0.4) is 0 Å². The van der Waals surface area contributed by atoms with E-state index in [2.05, 4.69) is 19.2 Å². The highest BCUT2D eigenvalue weighted by atomic mass is 19.4. The van der Waals surface area contributed by atoms with E-state index in [0.29, 0.717) is 18.9 Å². The van der Waals surface area contributed by atoms with Crippen molar-refractivity contribution in [1.29, 1.82) is 0 Å². The summed E-state index contributed by atoms with van der Waals surface area (Å²) in [5.41, 5.74) is 6.50. The van der Waals surface area contributed by atoms with Crippen LogP contribution >= 0.6 is 0 Å². The molecule has 0 aromatic heterocycles. The Kier molecular flexibility index (Phi) is 8.94.